The zero-order valence-electron chi connectivity index (χ0n) is 56.7. The third-order valence-electron chi connectivity index (χ3n) is 18.3. The lowest BCUT2D eigenvalue weighted by Gasteiger charge is -2.20. The summed E-state index contributed by atoms with van der Waals surface area (Å²) in [4.78, 5) is 24.6. The van der Waals surface area contributed by atoms with E-state index in [0.29, 0.717) is 19.4 Å². The van der Waals surface area contributed by atoms with Crippen LogP contribution in [0.4, 0.5) is 0 Å². The Morgan fingerprint density at radius 2 is 0.554 bits per heavy atom. The zero-order valence-corrected chi connectivity index (χ0v) is 56.7. The molecule has 6 nitrogen and oxygen atoms in total. The first-order valence-corrected chi connectivity index (χ1v) is 38.5. The van der Waals surface area contributed by atoms with Gasteiger partial charge in [-0.2, -0.15) is 0 Å². The molecule has 6 heteroatoms. The van der Waals surface area contributed by atoms with E-state index in [1.54, 1.807) is 6.08 Å². The molecule has 1 amide bonds. The number of unbranched alkanes of at least 4 members (excludes halogenated alkanes) is 62. The molecule has 0 aromatic heterocycles. The van der Waals surface area contributed by atoms with E-state index in [1.165, 1.54) is 379 Å². The maximum Gasteiger partial charge on any atom is 0.305 e. The van der Waals surface area contributed by atoms with Crippen molar-refractivity contribution >= 4 is 11.9 Å². The number of amides is 1. The van der Waals surface area contributed by atoms with Gasteiger partial charge in [0.2, 0.25) is 5.91 Å². The topological polar surface area (TPSA) is 95.9 Å². The van der Waals surface area contributed by atoms with E-state index in [-0.39, 0.29) is 18.5 Å². The average Bonchev–Trinajstić information content (AvgIpc) is 3.49. The Kier molecular flexibility index (Phi) is 71.8. The van der Waals surface area contributed by atoms with E-state index in [1.807, 2.05) is 6.08 Å². The second kappa shape index (κ2) is 73.1. The summed E-state index contributed by atoms with van der Waals surface area (Å²) < 4.78 is 5.52. The molecule has 0 radical (unpaired) electrons. The van der Waals surface area contributed by atoms with Gasteiger partial charge in [0.25, 0.3) is 0 Å². The smallest absolute Gasteiger partial charge is 0.305 e. The molecule has 0 bridgehead atoms. The maximum atomic E-state index is 12.5. The largest absolute Gasteiger partial charge is 0.466 e. The molecule has 0 aromatic rings. The molecule has 0 spiro atoms. The van der Waals surface area contributed by atoms with Crippen molar-refractivity contribution in [1.82, 2.24) is 5.32 Å². The molecule has 0 aliphatic rings. The standard InChI is InChI=1S/C77H151NO5/c1-3-5-7-9-11-13-15-17-19-21-37-41-45-49-53-57-61-65-69-75(80)74(73-79)78-76(81)70-66-62-58-54-50-46-42-38-35-33-31-29-27-25-23-24-26-28-30-32-34-36-40-44-48-52-56-60-64-68-72-83-77(82)71-67-63-59-55-51-47-43-39-22-20-18-16-14-12-10-8-6-4-2/h65,69,74-75,79-80H,3-64,66-68,70-73H2,1-2H3,(H,78,81)/b69-65+. The van der Waals surface area contributed by atoms with Crippen LogP contribution in [0.5, 0.6) is 0 Å². The van der Waals surface area contributed by atoms with Crippen molar-refractivity contribution in [2.75, 3.05) is 13.2 Å². The average molecular weight is 1170 g/mol. The van der Waals surface area contributed by atoms with Gasteiger partial charge >= 0.3 is 5.97 Å². The summed E-state index contributed by atoms with van der Waals surface area (Å²) in [5, 5.41) is 23.2. The van der Waals surface area contributed by atoms with Crippen molar-refractivity contribution in [3.8, 4) is 0 Å². The van der Waals surface area contributed by atoms with Gasteiger partial charge < -0.3 is 20.3 Å². The van der Waals surface area contributed by atoms with Gasteiger partial charge in [-0.25, -0.2) is 0 Å². The van der Waals surface area contributed by atoms with Gasteiger partial charge in [-0.3, -0.25) is 9.59 Å². The molecular formula is C77H151NO5. The minimum atomic E-state index is -0.842. The fourth-order valence-corrected chi connectivity index (χ4v) is 12.5. The SMILES string of the molecule is CCCCCCCCCCCCCCCCCC/C=C/C(O)C(CO)NC(=O)CCCCCCCCCCCCCCCCCCCCCCCCCCCCCCCCOC(=O)CCCCCCCCCCCCCCCCCCCC. The molecule has 494 valence electrons. The van der Waals surface area contributed by atoms with Crippen LogP contribution < -0.4 is 5.32 Å². The van der Waals surface area contributed by atoms with Gasteiger partial charge in [-0.05, 0) is 32.1 Å². The van der Waals surface area contributed by atoms with E-state index in [0.717, 1.165) is 38.5 Å². The summed E-state index contributed by atoms with van der Waals surface area (Å²) in [5.41, 5.74) is 0. The van der Waals surface area contributed by atoms with Gasteiger partial charge in [0.05, 0.1) is 25.4 Å². The van der Waals surface area contributed by atoms with Gasteiger partial charge in [-0.15, -0.1) is 0 Å². The molecule has 0 saturated heterocycles. The normalized spacial score (nSPS) is 12.5. The van der Waals surface area contributed by atoms with E-state index >= 15 is 0 Å². The number of carbonyl (C=O) groups excluding carboxylic acids is 2. The Bertz CT molecular complexity index is 1260. The number of carbonyl (C=O) groups is 2. The van der Waals surface area contributed by atoms with Crippen LogP contribution in [-0.2, 0) is 14.3 Å². The lowest BCUT2D eigenvalue weighted by atomic mass is 10.0. The second-order valence-electron chi connectivity index (χ2n) is 26.7. The van der Waals surface area contributed by atoms with Crippen LogP contribution in [0.3, 0.4) is 0 Å². The van der Waals surface area contributed by atoms with Crippen molar-refractivity contribution in [3.05, 3.63) is 12.2 Å². The van der Waals surface area contributed by atoms with Gasteiger partial charge in [0.1, 0.15) is 0 Å². The molecule has 2 atom stereocenters. The fourth-order valence-electron chi connectivity index (χ4n) is 12.5. The number of aliphatic hydroxyl groups is 2. The lowest BCUT2D eigenvalue weighted by molar-refractivity contribution is -0.143. The van der Waals surface area contributed by atoms with Gasteiger partial charge in [0, 0.05) is 12.8 Å². The molecular weight excluding hydrogens is 1020 g/mol. The first-order valence-electron chi connectivity index (χ1n) is 38.5. The molecule has 0 rings (SSSR count). The summed E-state index contributed by atoms with van der Waals surface area (Å²) in [7, 11) is 0. The van der Waals surface area contributed by atoms with E-state index < -0.39 is 12.1 Å². The predicted octanol–water partition coefficient (Wildman–Crippen LogP) is 25.1. The number of nitrogens with one attached hydrogen (secondary N) is 1. The number of hydrogen-bond donors (Lipinski definition) is 3. The van der Waals surface area contributed by atoms with Crippen molar-refractivity contribution in [2.45, 2.75) is 456 Å². The van der Waals surface area contributed by atoms with Crippen LogP contribution in [0.1, 0.15) is 444 Å². The van der Waals surface area contributed by atoms with Crippen LogP contribution in [0.2, 0.25) is 0 Å². The Morgan fingerprint density at radius 1 is 0.325 bits per heavy atom. The van der Waals surface area contributed by atoms with Crippen LogP contribution in [0.25, 0.3) is 0 Å². The maximum absolute atomic E-state index is 12.5. The summed E-state index contributed by atoms with van der Waals surface area (Å²) in [6.07, 6.45) is 91.8. The van der Waals surface area contributed by atoms with Crippen molar-refractivity contribution in [2.24, 2.45) is 0 Å². The van der Waals surface area contributed by atoms with E-state index in [9.17, 15) is 19.8 Å². The molecule has 2 unspecified atom stereocenters. The number of allylic oxidation sites excluding steroid dienone is 1. The highest BCUT2D eigenvalue weighted by Gasteiger charge is 2.18. The molecule has 0 heterocycles. The number of ether oxygens (including phenoxy) is 1. The lowest BCUT2D eigenvalue weighted by Crippen LogP contribution is -2.45. The van der Waals surface area contributed by atoms with E-state index in [4.69, 9.17) is 4.74 Å². The Labute approximate surface area is 520 Å². The summed E-state index contributed by atoms with van der Waals surface area (Å²) >= 11 is 0. The Morgan fingerprint density at radius 3 is 0.819 bits per heavy atom. The highest BCUT2D eigenvalue weighted by molar-refractivity contribution is 5.76. The van der Waals surface area contributed by atoms with Crippen LogP contribution >= 0.6 is 0 Å². The molecule has 0 fully saturated rings. The quantitative estimate of drug-likeness (QED) is 0.0320. The van der Waals surface area contributed by atoms with Crippen LogP contribution in [-0.4, -0.2) is 47.4 Å². The first kappa shape index (κ1) is 81.6. The number of aliphatic hydroxyl groups excluding tert-OH is 2. The Balaban J connectivity index is 3.33. The van der Waals surface area contributed by atoms with Crippen molar-refractivity contribution in [1.29, 1.82) is 0 Å². The molecule has 0 saturated carbocycles. The fraction of sp³-hybridized carbons (Fsp3) is 0.948. The minimum Gasteiger partial charge on any atom is -0.466 e. The molecule has 0 aromatic carbocycles. The molecule has 3 N–H and O–H groups in total. The first-order chi connectivity index (χ1) is 41.0. The third kappa shape index (κ3) is 69.6. The zero-order chi connectivity index (χ0) is 59.9. The summed E-state index contributed by atoms with van der Waals surface area (Å²) in [6, 6.07) is -0.625. The second-order valence-corrected chi connectivity index (χ2v) is 26.7. The van der Waals surface area contributed by atoms with Gasteiger partial charge in [0.15, 0.2) is 0 Å². The number of esters is 1. The predicted molar refractivity (Wildman–Crippen MR) is 366 cm³/mol. The van der Waals surface area contributed by atoms with E-state index in [2.05, 4.69) is 19.2 Å². The monoisotopic (exact) mass is 1170 g/mol. The Hall–Kier alpha value is -1.40. The number of rotatable bonds is 73. The summed E-state index contributed by atoms with van der Waals surface area (Å²) in [6.45, 7) is 4.96. The molecule has 0 aliphatic heterocycles. The molecule has 0 aliphatic carbocycles. The summed E-state index contributed by atoms with van der Waals surface area (Å²) in [5.74, 6) is -0.0343. The molecule has 83 heavy (non-hydrogen) atoms. The number of hydrogen-bond acceptors (Lipinski definition) is 5. The van der Waals surface area contributed by atoms with Crippen LogP contribution in [0, 0.1) is 0 Å². The minimum absolute atomic E-state index is 0.0254. The highest BCUT2D eigenvalue weighted by atomic mass is 16.5. The highest BCUT2D eigenvalue weighted by Crippen LogP contribution is 2.20. The third-order valence-corrected chi connectivity index (χ3v) is 18.3. The van der Waals surface area contributed by atoms with Gasteiger partial charge in [-0.1, -0.05) is 411 Å². The van der Waals surface area contributed by atoms with Crippen LogP contribution in [0.15, 0.2) is 12.2 Å². The van der Waals surface area contributed by atoms with Crippen molar-refractivity contribution in [3.63, 3.8) is 0 Å². The van der Waals surface area contributed by atoms with Crippen molar-refractivity contribution < 1.29 is 24.5 Å².